The van der Waals surface area contributed by atoms with Gasteiger partial charge in [-0.05, 0) is 18.2 Å². The molecule has 0 bridgehead atoms. The van der Waals surface area contributed by atoms with Crippen LogP contribution in [0.5, 0.6) is 0 Å². The zero-order valence-electron chi connectivity index (χ0n) is 17.2. The first-order valence-electron chi connectivity index (χ1n) is 9.54. The van der Waals surface area contributed by atoms with Crippen molar-refractivity contribution in [1.82, 2.24) is 14.1 Å². The number of benzene rings is 2. The summed E-state index contributed by atoms with van der Waals surface area (Å²) in [4.78, 5) is 53.3. The molecule has 1 N–H and O–H groups in total. The van der Waals surface area contributed by atoms with Gasteiger partial charge in [0, 0.05) is 25.7 Å². The average molecular weight is 450 g/mol. The van der Waals surface area contributed by atoms with Crippen molar-refractivity contribution >= 4 is 39.2 Å². The summed E-state index contributed by atoms with van der Waals surface area (Å²) < 4.78 is 8.19. The summed E-state index contributed by atoms with van der Waals surface area (Å²) in [6.45, 7) is -0.587. The summed E-state index contributed by atoms with van der Waals surface area (Å²) in [6, 6.07) is 15.6. The molecule has 0 saturated carbocycles. The number of amides is 1. The van der Waals surface area contributed by atoms with Gasteiger partial charge < -0.3 is 10.1 Å². The minimum atomic E-state index is -0.687. The van der Waals surface area contributed by atoms with Crippen LogP contribution in [-0.4, -0.2) is 32.6 Å². The van der Waals surface area contributed by atoms with Gasteiger partial charge in [0.2, 0.25) is 0 Å². The molecular formula is C22H18N4O5S. The van der Waals surface area contributed by atoms with E-state index in [4.69, 9.17) is 4.74 Å². The first-order chi connectivity index (χ1) is 15.3. The number of esters is 1. The monoisotopic (exact) mass is 450 g/mol. The Kier molecular flexibility index (Phi) is 5.69. The van der Waals surface area contributed by atoms with Crippen molar-refractivity contribution in [3.8, 4) is 10.6 Å². The summed E-state index contributed by atoms with van der Waals surface area (Å²) in [6.07, 6.45) is 0. The Labute approximate surface area is 185 Å². The number of para-hydroxylation sites is 1. The quantitative estimate of drug-likeness (QED) is 0.466. The fraction of sp³-hybridized carbons (Fsp3) is 0.136. The van der Waals surface area contributed by atoms with Crippen molar-refractivity contribution in [3.05, 3.63) is 81.0 Å². The fourth-order valence-corrected chi connectivity index (χ4v) is 4.08. The number of nitrogens with one attached hydrogen (secondary N) is 1. The maximum Gasteiger partial charge on any atom is 0.339 e. The zero-order chi connectivity index (χ0) is 22.8. The zero-order valence-corrected chi connectivity index (χ0v) is 18.0. The number of fused-ring (bicyclic) bond motifs is 1. The van der Waals surface area contributed by atoms with E-state index < -0.39 is 29.7 Å². The molecule has 4 aromatic rings. The molecule has 9 nitrogen and oxygen atoms in total. The molecule has 0 unspecified atom stereocenters. The van der Waals surface area contributed by atoms with Crippen LogP contribution in [0.4, 0.5) is 5.82 Å². The SMILES string of the molecule is Cn1c(NC(=O)COC(=O)c2ccccc2-c2nc3ccccc3s2)cc(=O)n(C)c1=O. The predicted octanol–water partition coefficient (Wildman–Crippen LogP) is 2.16. The summed E-state index contributed by atoms with van der Waals surface area (Å²) in [5, 5.41) is 3.08. The van der Waals surface area contributed by atoms with Crippen LogP contribution in [0, 0.1) is 0 Å². The van der Waals surface area contributed by atoms with E-state index in [1.165, 1.54) is 25.4 Å². The highest BCUT2D eigenvalue weighted by Crippen LogP contribution is 2.32. The van der Waals surface area contributed by atoms with E-state index in [1.807, 2.05) is 24.3 Å². The van der Waals surface area contributed by atoms with E-state index in [-0.39, 0.29) is 11.4 Å². The van der Waals surface area contributed by atoms with Crippen LogP contribution in [0.3, 0.4) is 0 Å². The Morgan fingerprint density at radius 3 is 2.53 bits per heavy atom. The number of hydrogen-bond acceptors (Lipinski definition) is 7. The summed E-state index contributed by atoms with van der Waals surface area (Å²) >= 11 is 1.45. The second-order valence-electron chi connectivity index (χ2n) is 6.93. The van der Waals surface area contributed by atoms with Gasteiger partial charge in [-0.15, -0.1) is 11.3 Å². The van der Waals surface area contributed by atoms with Crippen molar-refractivity contribution in [2.24, 2.45) is 14.1 Å². The van der Waals surface area contributed by atoms with Gasteiger partial charge in [-0.3, -0.25) is 18.7 Å². The van der Waals surface area contributed by atoms with Crippen LogP contribution in [0.2, 0.25) is 0 Å². The largest absolute Gasteiger partial charge is 0.452 e. The second kappa shape index (κ2) is 8.60. The van der Waals surface area contributed by atoms with E-state index >= 15 is 0 Å². The van der Waals surface area contributed by atoms with Gasteiger partial charge in [-0.1, -0.05) is 30.3 Å². The molecule has 0 aliphatic rings. The summed E-state index contributed by atoms with van der Waals surface area (Å²) in [5.41, 5.74) is 0.558. The highest BCUT2D eigenvalue weighted by atomic mass is 32.1. The molecule has 0 saturated heterocycles. The van der Waals surface area contributed by atoms with Gasteiger partial charge in [0.25, 0.3) is 11.5 Å². The first kappa shape index (κ1) is 21.2. The minimum absolute atomic E-state index is 0.00836. The lowest BCUT2D eigenvalue weighted by Crippen LogP contribution is -2.38. The topological polar surface area (TPSA) is 112 Å². The van der Waals surface area contributed by atoms with Crippen molar-refractivity contribution in [1.29, 1.82) is 0 Å². The molecule has 32 heavy (non-hydrogen) atoms. The third-order valence-electron chi connectivity index (χ3n) is 4.80. The molecule has 0 aliphatic heterocycles. The van der Waals surface area contributed by atoms with E-state index in [0.29, 0.717) is 10.6 Å². The minimum Gasteiger partial charge on any atom is -0.452 e. The Bertz CT molecular complexity index is 1430. The fourth-order valence-electron chi connectivity index (χ4n) is 3.08. The maximum absolute atomic E-state index is 12.7. The summed E-state index contributed by atoms with van der Waals surface area (Å²) in [5.74, 6) is -1.36. The molecule has 0 aliphatic carbocycles. The Hall–Kier alpha value is -4.05. The standard InChI is InChI=1S/C22H18N4O5S/c1-25-17(11-19(28)26(2)22(25)30)24-18(27)12-31-21(29)14-8-4-3-7-13(14)20-23-15-9-5-6-10-16(15)32-20/h3-11H,12H2,1-2H3,(H,24,27). The van der Waals surface area contributed by atoms with Gasteiger partial charge in [-0.2, -0.15) is 0 Å². The van der Waals surface area contributed by atoms with E-state index in [9.17, 15) is 19.2 Å². The number of hydrogen-bond donors (Lipinski definition) is 1. The van der Waals surface area contributed by atoms with Crippen LogP contribution in [-0.2, 0) is 23.6 Å². The van der Waals surface area contributed by atoms with Crippen LogP contribution < -0.4 is 16.6 Å². The third-order valence-corrected chi connectivity index (χ3v) is 5.87. The van der Waals surface area contributed by atoms with Crippen LogP contribution >= 0.6 is 11.3 Å². The Morgan fingerprint density at radius 1 is 1.03 bits per heavy atom. The lowest BCUT2D eigenvalue weighted by atomic mass is 10.1. The van der Waals surface area contributed by atoms with Gasteiger partial charge in [0.15, 0.2) is 6.61 Å². The van der Waals surface area contributed by atoms with Crippen molar-refractivity contribution in [2.45, 2.75) is 0 Å². The van der Waals surface area contributed by atoms with Crippen LogP contribution in [0.1, 0.15) is 10.4 Å². The van der Waals surface area contributed by atoms with E-state index in [2.05, 4.69) is 10.3 Å². The van der Waals surface area contributed by atoms with E-state index in [1.54, 1.807) is 24.3 Å². The molecule has 2 aromatic carbocycles. The molecule has 1 amide bonds. The van der Waals surface area contributed by atoms with Gasteiger partial charge in [-0.25, -0.2) is 14.6 Å². The number of nitrogens with zero attached hydrogens (tertiary/aromatic N) is 3. The third kappa shape index (κ3) is 4.08. The predicted molar refractivity (Wildman–Crippen MR) is 121 cm³/mol. The highest BCUT2D eigenvalue weighted by molar-refractivity contribution is 7.21. The van der Waals surface area contributed by atoms with Crippen molar-refractivity contribution < 1.29 is 14.3 Å². The second-order valence-corrected chi connectivity index (χ2v) is 7.96. The lowest BCUT2D eigenvalue weighted by Gasteiger charge is -2.11. The Morgan fingerprint density at radius 2 is 1.75 bits per heavy atom. The number of carbonyl (C=O) groups excluding carboxylic acids is 2. The molecule has 0 spiro atoms. The number of thiazole rings is 1. The highest BCUT2D eigenvalue weighted by Gasteiger charge is 2.18. The lowest BCUT2D eigenvalue weighted by molar-refractivity contribution is -0.119. The Balaban J connectivity index is 1.50. The molecule has 0 fully saturated rings. The molecule has 0 radical (unpaired) electrons. The van der Waals surface area contributed by atoms with Crippen molar-refractivity contribution in [3.63, 3.8) is 0 Å². The number of carbonyl (C=O) groups is 2. The number of aromatic nitrogens is 3. The molecule has 4 rings (SSSR count). The molecule has 10 heteroatoms. The molecule has 2 aromatic heterocycles. The molecule has 2 heterocycles. The summed E-state index contributed by atoms with van der Waals surface area (Å²) in [7, 11) is 2.75. The van der Waals surface area contributed by atoms with Gasteiger partial charge in [0.1, 0.15) is 10.8 Å². The number of ether oxygens (including phenoxy) is 1. The normalized spacial score (nSPS) is 10.8. The van der Waals surface area contributed by atoms with E-state index in [0.717, 1.165) is 25.4 Å². The van der Waals surface area contributed by atoms with Crippen molar-refractivity contribution in [2.75, 3.05) is 11.9 Å². The molecular weight excluding hydrogens is 432 g/mol. The first-order valence-corrected chi connectivity index (χ1v) is 10.4. The average Bonchev–Trinajstić information content (AvgIpc) is 3.24. The van der Waals surface area contributed by atoms with Crippen LogP contribution in [0.25, 0.3) is 20.8 Å². The van der Waals surface area contributed by atoms with Gasteiger partial charge in [0.05, 0.1) is 15.8 Å². The van der Waals surface area contributed by atoms with Gasteiger partial charge >= 0.3 is 11.7 Å². The van der Waals surface area contributed by atoms with Crippen LogP contribution in [0.15, 0.2) is 64.2 Å². The maximum atomic E-state index is 12.7. The number of anilines is 1. The molecule has 0 atom stereocenters. The molecule has 162 valence electrons. The smallest absolute Gasteiger partial charge is 0.339 e. The number of rotatable bonds is 5.